The Bertz CT molecular complexity index is 570. The van der Waals surface area contributed by atoms with Crippen molar-refractivity contribution in [3.8, 4) is 11.8 Å². The van der Waals surface area contributed by atoms with Crippen molar-refractivity contribution in [2.45, 2.75) is 39.0 Å². The van der Waals surface area contributed by atoms with Gasteiger partial charge < -0.3 is 9.15 Å². The molecule has 2 aromatic rings. The molecule has 1 aromatic carbocycles. The van der Waals surface area contributed by atoms with Crippen LogP contribution in [0.2, 0.25) is 0 Å². The number of alkyl halides is 1. The van der Waals surface area contributed by atoms with Crippen molar-refractivity contribution >= 4 is 11.6 Å². The minimum absolute atomic E-state index is 0.0107. The number of nitrogens with zero attached hydrogens (tertiary/aromatic N) is 1. The van der Waals surface area contributed by atoms with Crippen LogP contribution in [-0.2, 0) is 11.3 Å². The summed E-state index contributed by atoms with van der Waals surface area (Å²) in [6, 6.07) is 6.08. The summed E-state index contributed by atoms with van der Waals surface area (Å²) in [5.41, 5.74) is 2.98. The predicted molar refractivity (Wildman–Crippen MR) is 76.0 cm³/mol. The van der Waals surface area contributed by atoms with Gasteiger partial charge in [-0.2, -0.15) is 4.98 Å². The van der Waals surface area contributed by atoms with Crippen molar-refractivity contribution < 1.29 is 9.15 Å². The third-order valence-corrected chi connectivity index (χ3v) is 3.08. The van der Waals surface area contributed by atoms with Crippen LogP contribution in [0.1, 0.15) is 37.6 Å². The number of aromatic nitrogens is 1. The van der Waals surface area contributed by atoms with Crippen molar-refractivity contribution in [3.05, 3.63) is 41.3 Å². The highest BCUT2D eigenvalue weighted by atomic mass is 35.5. The molecule has 2 rings (SSSR count). The Hall–Kier alpha value is -1.48. The van der Waals surface area contributed by atoms with Gasteiger partial charge >= 0.3 is 6.08 Å². The smallest absolute Gasteiger partial charge is 0.399 e. The standard InChI is InChI=1S/C15H18ClNO2/c1-10-5-6-13(12(7-10)15(2,3)4)19-14-17-11(8-16)9-18-14/h5-7,9H,8H2,1-4H3. The van der Waals surface area contributed by atoms with Gasteiger partial charge in [-0.25, -0.2) is 0 Å². The first-order valence-electron chi connectivity index (χ1n) is 6.19. The van der Waals surface area contributed by atoms with Crippen LogP contribution < -0.4 is 4.74 Å². The summed E-state index contributed by atoms with van der Waals surface area (Å²) in [5, 5.41) is 0. The van der Waals surface area contributed by atoms with Crippen molar-refractivity contribution in [1.29, 1.82) is 0 Å². The first kappa shape index (κ1) is 13.9. The number of benzene rings is 1. The summed E-state index contributed by atoms with van der Waals surface area (Å²) >= 11 is 5.69. The second kappa shape index (κ2) is 5.25. The first-order chi connectivity index (χ1) is 8.90. The van der Waals surface area contributed by atoms with Crippen LogP contribution in [0, 0.1) is 6.92 Å². The maximum absolute atomic E-state index is 5.74. The SMILES string of the molecule is Cc1ccc(Oc2nc(CCl)co2)c(C(C)(C)C)c1. The highest BCUT2D eigenvalue weighted by Crippen LogP contribution is 2.34. The number of hydrogen-bond acceptors (Lipinski definition) is 3. The van der Waals surface area contributed by atoms with Crippen LogP contribution >= 0.6 is 11.6 Å². The molecule has 0 unspecified atom stereocenters. The summed E-state index contributed by atoms with van der Waals surface area (Å²) in [6.07, 6.45) is 1.73. The van der Waals surface area contributed by atoms with Crippen molar-refractivity contribution in [1.82, 2.24) is 4.98 Å². The number of halogens is 1. The number of aryl methyl sites for hydroxylation is 1. The van der Waals surface area contributed by atoms with Gasteiger partial charge in [0.25, 0.3) is 0 Å². The average Bonchev–Trinajstić information content (AvgIpc) is 2.78. The molecule has 0 bridgehead atoms. The lowest BCUT2D eigenvalue weighted by Gasteiger charge is -2.22. The van der Waals surface area contributed by atoms with Crippen LogP contribution in [0.4, 0.5) is 0 Å². The minimum Gasteiger partial charge on any atom is -0.417 e. The van der Waals surface area contributed by atoms with E-state index in [1.807, 2.05) is 12.1 Å². The maximum atomic E-state index is 5.74. The van der Waals surface area contributed by atoms with Gasteiger partial charge in [-0.15, -0.1) is 11.6 Å². The van der Waals surface area contributed by atoms with E-state index < -0.39 is 0 Å². The van der Waals surface area contributed by atoms with E-state index in [4.69, 9.17) is 20.8 Å². The average molecular weight is 280 g/mol. The molecule has 0 radical (unpaired) electrons. The molecule has 0 aliphatic heterocycles. The molecule has 4 heteroatoms. The molecule has 0 spiro atoms. The fourth-order valence-electron chi connectivity index (χ4n) is 1.81. The predicted octanol–water partition coefficient (Wildman–Crippen LogP) is 4.81. The largest absolute Gasteiger partial charge is 0.417 e. The van der Waals surface area contributed by atoms with Crippen molar-refractivity contribution in [2.24, 2.45) is 0 Å². The summed E-state index contributed by atoms with van der Waals surface area (Å²) in [6.45, 7) is 8.51. The normalized spacial score (nSPS) is 11.6. The van der Waals surface area contributed by atoms with E-state index in [1.165, 1.54) is 11.8 Å². The second-order valence-corrected chi connectivity index (χ2v) is 5.86. The number of hydrogen-bond donors (Lipinski definition) is 0. The highest BCUT2D eigenvalue weighted by molar-refractivity contribution is 6.16. The van der Waals surface area contributed by atoms with E-state index in [0.717, 1.165) is 11.3 Å². The summed E-state index contributed by atoms with van der Waals surface area (Å²) in [4.78, 5) is 4.15. The van der Waals surface area contributed by atoms with Gasteiger partial charge in [0.2, 0.25) is 0 Å². The molecule has 1 heterocycles. The molecule has 0 aliphatic carbocycles. The monoisotopic (exact) mass is 279 g/mol. The molecule has 0 fully saturated rings. The van der Waals surface area contributed by atoms with Crippen molar-refractivity contribution in [2.75, 3.05) is 0 Å². The minimum atomic E-state index is -0.0107. The Morgan fingerprint density at radius 3 is 2.63 bits per heavy atom. The van der Waals surface area contributed by atoms with Gasteiger partial charge in [-0.1, -0.05) is 38.5 Å². The fraction of sp³-hybridized carbons (Fsp3) is 0.400. The Balaban J connectivity index is 2.34. The van der Waals surface area contributed by atoms with Gasteiger partial charge in [0.15, 0.2) is 0 Å². The van der Waals surface area contributed by atoms with Crippen molar-refractivity contribution in [3.63, 3.8) is 0 Å². The zero-order valence-corrected chi connectivity index (χ0v) is 12.4. The van der Waals surface area contributed by atoms with Gasteiger partial charge in [-0.3, -0.25) is 0 Å². The molecule has 19 heavy (non-hydrogen) atoms. The molecule has 102 valence electrons. The molecule has 0 N–H and O–H groups in total. The van der Waals surface area contributed by atoms with Crippen LogP contribution in [-0.4, -0.2) is 4.98 Å². The van der Waals surface area contributed by atoms with E-state index in [-0.39, 0.29) is 11.5 Å². The van der Waals surface area contributed by atoms with Gasteiger partial charge in [0.1, 0.15) is 12.0 Å². The van der Waals surface area contributed by atoms with Gasteiger partial charge in [-0.05, 0) is 18.4 Å². The first-order valence-corrected chi connectivity index (χ1v) is 6.73. The molecule has 3 nitrogen and oxygen atoms in total. The van der Waals surface area contributed by atoms with E-state index in [0.29, 0.717) is 11.6 Å². The van der Waals surface area contributed by atoms with Crippen LogP contribution in [0.25, 0.3) is 0 Å². The highest BCUT2D eigenvalue weighted by Gasteiger charge is 2.20. The molecule has 0 saturated heterocycles. The zero-order chi connectivity index (χ0) is 14.0. The molecular formula is C15H18ClNO2. The molecular weight excluding hydrogens is 262 g/mol. The molecule has 0 amide bonds. The summed E-state index contributed by atoms with van der Waals surface area (Å²) < 4.78 is 11.0. The maximum Gasteiger partial charge on any atom is 0.399 e. The topological polar surface area (TPSA) is 35.3 Å². The zero-order valence-electron chi connectivity index (χ0n) is 11.7. The third kappa shape index (κ3) is 3.29. The van der Waals surface area contributed by atoms with E-state index >= 15 is 0 Å². The Kier molecular flexibility index (Phi) is 3.85. The molecule has 0 atom stereocenters. The van der Waals surface area contributed by atoms with Gasteiger partial charge in [0.05, 0.1) is 11.6 Å². The summed E-state index contributed by atoms with van der Waals surface area (Å²) in [7, 11) is 0. The fourth-order valence-corrected chi connectivity index (χ4v) is 1.93. The second-order valence-electron chi connectivity index (χ2n) is 5.59. The molecule has 0 saturated carbocycles. The number of rotatable bonds is 3. The summed E-state index contributed by atoms with van der Waals surface area (Å²) in [5.74, 6) is 1.08. The Morgan fingerprint density at radius 2 is 2.05 bits per heavy atom. The lowest BCUT2D eigenvalue weighted by molar-refractivity contribution is 0.324. The van der Waals surface area contributed by atoms with E-state index in [2.05, 4.69) is 38.7 Å². The Morgan fingerprint density at radius 1 is 1.32 bits per heavy atom. The molecule has 1 aromatic heterocycles. The van der Waals surface area contributed by atoms with Crippen LogP contribution in [0.15, 0.2) is 28.9 Å². The Labute approximate surface area is 118 Å². The van der Waals surface area contributed by atoms with E-state index in [1.54, 1.807) is 0 Å². The lowest BCUT2D eigenvalue weighted by atomic mass is 9.85. The molecule has 0 aliphatic rings. The van der Waals surface area contributed by atoms with Gasteiger partial charge in [0, 0.05) is 5.56 Å². The van der Waals surface area contributed by atoms with Crippen LogP contribution in [0.5, 0.6) is 11.8 Å². The number of ether oxygens (including phenoxy) is 1. The lowest BCUT2D eigenvalue weighted by Crippen LogP contribution is -2.12. The third-order valence-electron chi connectivity index (χ3n) is 2.81. The van der Waals surface area contributed by atoms with E-state index in [9.17, 15) is 0 Å². The van der Waals surface area contributed by atoms with Crippen LogP contribution in [0.3, 0.4) is 0 Å². The number of oxazole rings is 1. The quantitative estimate of drug-likeness (QED) is 0.756.